The summed E-state index contributed by atoms with van der Waals surface area (Å²) in [4.78, 5) is 54.9. The first kappa shape index (κ1) is 36.1. The van der Waals surface area contributed by atoms with Gasteiger partial charge in [-0.05, 0) is 99.8 Å². The molecule has 4 atom stereocenters. The van der Waals surface area contributed by atoms with E-state index in [0.717, 1.165) is 77.0 Å². The Kier molecular flexibility index (Phi) is 12.0. The largest absolute Gasteiger partial charge is 0.511 e. The number of nitrogens with two attached hydrogens (primary N) is 1. The zero-order valence-electron chi connectivity index (χ0n) is 29.1. The summed E-state index contributed by atoms with van der Waals surface area (Å²) in [7, 11) is 0. The highest BCUT2D eigenvalue weighted by molar-refractivity contribution is 6.00. The second-order valence-electron chi connectivity index (χ2n) is 14.8. The van der Waals surface area contributed by atoms with Crippen molar-refractivity contribution < 1.29 is 42.2 Å². The molecular formula is C38H52FN3O8. The van der Waals surface area contributed by atoms with Gasteiger partial charge in [-0.2, -0.15) is 0 Å². The molecule has 50 heavy (non-hydrogen) atoms. The number of likely N-dealkylation sites (tertiary alicyclic amines) is 1. The number of rotatable bonds is 10. The van der Waals surface area contributed by atoms with Crippen LogP contribution in [0.2, 0.25) is 0 Å². The average Bonchev–Trinajstić information content (AvgIpc) is 3.77. The molecule has 0 spiro atoms. The first-order valence-electron chi connectivity index (χ1n) is 18.7. The first-order chi connectivity index (χ1) is 24.2. The molecule has 1 saturated heterocycles. The van der Waals surface area contributed by atoms with Gasteiger partial charge in [0.15, 0.2) is 0 Å². The zero-order chi connectivity index (χ0) is 35.2. The molecule has 12 heteroatoms. The van der Waals surface area contributed by atoms with E-state index >= 15 is 0 Å². The number of nitrogens with zero attached hydrogens (tertiary/aromatic N) is 1. The third kappa shape index (κ3) is 8.61. The van der Waals surface area contributed by atoms with Crippen molar-refractivity contribution in [2.75, 3.05) is 18.5 Å². The Morgan fingerprint density at radius 3 is 2.32 bits per heavy atom. The predicted octanol–water partition coefficient (Wildman–Crippen LogP) is 7.26. The fraction of sp³-hybridized carbons (Fsp3) is 0.684. The van der Waals surface area contributed by atoms with Gasteiger partial charge in [-0.3, -0.25) is 9.59 Å². The van der Waals surface area contributed by atoms with E-state index in [1.165, 1.54) is 19.4 Å². The highest BCUT2D eigenvalue weighted by atomic mass is 19.1. The van der Waals surface area contributed by atoms with Crippen molar-refractivity contribution in [1.82, 2.24) is 4.90 Å². The third-order valence-corrected chi connectivity index (χ3v) is 11.5. The number of furan rings is 1. The fourth-order valence-corrected chi connectivity index (χ4v) is 8.76. The number of alkyl halides is 1. The van der Waals surface area contributed by atoms with Gasteiger partial charge >= 0.3 is 12.1 Å². The normalized spacial score (nSPS) is 26.3. The summed E-state index contributed by atoms with van der Waals surface area (Å²) >= 11 is 0. The number of halogens is 1. The third-order valence-electron chi connectivity index (χ3n) is 11.5. The van der Waals surface area contributed by atoms with Gasteiger partial charge in [0, 0.05) is 36.5 Å². The van der Waals surface area contributed by atoms with E-state index in [2.05, 4.69) is 5.32 Å². The molecule has 6 rings (SSSR count). The molecule has 1 aliphatic heterocycles. The molecule has 1 aromatic heterocycles. The molecule has 3 aliphatic carbocycles. The van der Waals surface area contributed by atoms with Crippen LogP contribution in [0.25, 0.3) is 11.0 Å². The number of esters is 1. The van der Waals surface area contributed by atoms with Crippen LogP contribution in [0, 0.1) is 23.7 Å². The Morgan fingerprint density at radius 2 is 1.62 bits per heavy atom. The number of amides is 2. The standard InChI is InChI=1S/C38H52FN3O8/c1-23(48-38(46)49-29-10-6-3-7-11-29)47-37(45)33-21-27-20-28(16-17-32(27)50-33)41-35(43)34-30(24-8-4-2-5-9-24)18-19-42(34)36(44)26-14-12-25(13-15-26)31(40)22-39/h16-17,20-21,23-26,29-31,34H,2-15,18-19,22,40H2,1H3,(H,41,43)/t23?,25?,26?,30-,31+,34-/m0/s1. The molecule has 2 amide bonds. The van der Waals surface area contributed by atoms with Crippen molar-refractivity contribution in [3.8, 4) is 0 Å². The molecule has 2 heterocycles. The molecule has 2 aromatic rings. The van der Waals surface area contributed by atoms with Crippen LogP contribution >= 0.6 is 0 Å². The van der Waals surface area contributed by atoms with E-state index in [0.29, 0.717) is 42.0 Å². The van der Waals surface area contributed by atoms with Crippen LogP contribution in [0.15, 0.2) is 28.7 Å². The van der Waals surface area contributed by atoms with Gasteiger partial charge in [0.25, 0.3) is 0 Å². The van der Waals surface area contributed by atoms with Crippen molar-refractivity contribution >= 4 is 40.6 Å². The van der Waals surface area contributed by atoms with Gasteiger partial charge in [-0.15, -0.1) is 0 Å². The highest BCUT2D eigenvalue weighted by Crippen LogP contribution is 2.41. The van der Waals surface area contributed by atoms with Gasteiger partial charge in [0.05, 0.1) is 0 Å². The van der Waals surface area contributed by atoms with Crippen LogP contribution < -0.4 is 11.1 Å². The number of hydrogen-bond donors (Lipinski definition) is 2. The molecule has 4 fully saturated rings. The van der Waals surface area contributed by atoms with Crippen LogP contribution in [0.3, 0.4) is 0 Å². The van der Waals surface area contributed by atoms with E-state index < -0.39 is 37.2 Å². The maximum atomic E-state index is 14.1. The van der Waals surface area contributed by atoms with Crippen LogP contribution in [0.1, 0.15) is 114 Å². The van der Waals surface area contributed by atoms with Crippen molar-refractivity contribution in [2.45, 2.75) is 128 Å². The van der Waals surface area contributed by atoms with Crippen molar-refractivity contribution in [2.24, 2.45) is 29.4 Å². The molecule has 4 aliphatic rings. The summed E-state index contributed by atoms with van der Waals surface area (Å²) < 4.78 is 34.7. The monoisotopic (exact) mass is 697 g/mol. The van der Waals surface area contributed by atoms with E-state index in [1.54, 1.807) is 18.2 Å². The summed E-state index contributed by atoms with van der Waals surface area (Å²) in [5.74, 6) is -0.705. The van der Waals surface area contributed by atoms with Gasteiger partial charge in [0.1, 0.15) is 24.4 Å². The summed E-state index contributed by atoms with van der Waals surface area (Å²) in [5, 5.41) is 3.64. The topological polar surface area (TPSA) is 150 Å². The van der Waals surface area contributed by atoms with Crippen LogP contribution in [-0.2, 0) is 23.8 Å². The maximum absolute atomic E-state index is 14.1. The molecule has 1 aromatic carbocycles. The lowest BCUT2D eigenvalue weighted by atomic mass is 9.76. The highest BCUT2D eigenvalue weighted by Gasteiger charge is 2.47. The second-order valence-corrected chi connectivity index (χ2v) is 14.8. The SMILES string of the molecule is CC(OC(=O)OC1CCCCC1)OC(=O)c1cc2cc(NC(=O)[C@@H]3[C@H](C4CCCCC4)CCN3C(=O)C3CCC([C@H](N)CF)CC3)ccc2o1. The average molecular weight is 698 g/mol. The van der Waals surface area contributed by atoms with E-state index in [1.807, 2.05) is 4.90 Å². The molecular weight excluding hydrogens is 645 g/mol. The molecule has 274 valence electrons. The van der Waals surface area contributed by atoms with Crippen LogP contribution in [-0.4, -0.2) is 66.5 Å². The number of fused-ring (bicyclic) bond motifs is 1. The van der Waals surface area contributed by atoms with Crippen molar-refractivity contribution in [3.05, 3.63) is 30.0 Å². The first-order valence-corrected chi connectivity index (χ1v) is 18.7. The minimum atomic E-state index is -1.18. The van der Waals surface area contributed by atoms with E-state index in [4.69, 9.17) is 24.4 Å². The lowest BCUT2D eigenvalue weighted by Crippen LogP contribution is -2.50. The Bertz CT molecular complexity index is 1490. The molecule has 0 radical (unpaired) electrons. The predicted molar refractivity (Wildman–Crippen MR) is 184 cm³/mol. The number of ether oxygens (including phenoxy) is 3. The Labute approximate surface area is 293 Å². The smallest absolute Gasteiger partial charge is 0.449 e. The molecule has 11 nitrogen and oxygen atoms in total. The van der Waals surface area contributed by atoms with Gasteiger partial charge in [0.2, 0.25) is 23.9 Å². The lowest BCUT2D eigenvalue weighted by Gasteiger charge is -2.36. The van der Waals surface area contributed by atoms with Crippen molar-refractivity contribution in [1.29, 1.82) is 0 Å². The van der Waals surface area contributed by atoms with Crippen LogP contribution in [0.5, 0.6) is 0 Å². The van der Waals surface area contributed by atoms with Gasteiger partial charge in [-0.1, -0.05) is 38.5 Å². The van der Waals surface area contributed by atoms with Crippen LogP contribution in [0.4, 0.5) is 14.9 Å². The fourth-order valence-electron chi connectivity index (χ4n) is 8.76. The summed E-state index contributed by atoms with van der Waals surface area (Å²) in [6, 6.07) is 5.55. The molecule has 0 bridgehead atoms. The van der Waals surface area contributed by atoms with E-state index in [-0.39, 0.29) is 41.4 Å². The summed E-state index contributed by atoms with van der Waals surface area (Å²) in [6.45, 7) is 1.43. The lowest BCUT2D eigenvalue weighted by molar-refractivity contribution is -0.142. The molecule has 3 N–H and O–H groups in total. The van der Waals surface area contributed by atoms with Gasteiger partial charge < -0.3 is 34.6 Å². The molecule has 1 unspecified atom stereocenters. The minimum absolute atomic E-state index is 0.0182. The number of anilines is 1. The number of carbonyl (C=O) groups excluding carboxylic acids is 4. The maximum Gasteiger partial charge on any atom is 0.511 e. The number of benzene rings is 1. The Balaban J connectivity index is 1.10. The minimum Gasteiger partial charge on any atom is -0.449 e. The molecule has 3 saturated carbocycles. The quantitative estimate of drug-likeness (QED) is 0.193. The Morgan fingerprint density at radius 1 is 0.920 bits per heavy atom. The van der Waals surface area contributed by atoms with E-state index in [9.17, 15) is 23.6 Å². The number of carbonyl (C=O) groups is 4. The number of hydrogen-bond acceptors (Lipinski definition) is 9. The second kappa shape index (κ2) is 16.6. The van der Waals surface area contributed by atoms with Gasteiger partial charge in [-0.25, -0.2) is 14.0 Å². The summed E-state index contributed by atoms with van der Waals surface area (Å²) in [5.41, 5.74) is 6.91. The number of nitrogens with one attached hydrogen (secondary N) is 1. The zero-order valence-corrected chi connectivity index (χ0v) is 29.1. The Hall–Kier alpha value is -3.67. The summed E-state index contributed by atoms with van der Waals surface area (Å²) in [6.07, 6.45) is 11.6. The van der Waals surface area contributed by atoms with Crippen molar-refractivity contribution in [3.63, 3.8) is 0 Å².